The van der Waals surface area contributed by atoms with Crippen LogP contribution in [0.15, 0.2) is 46.0 Å². The molecule has 1 fully saturated rings. The average Bonchev–Trinajstić information content (AvgIpc) is 3.29. The molecule has 3 heterocycles. The van der Waals surface area contributed by atoms with E-state index in [4.69, 9.17) is 9.47 Å². The van der Waals surface area contributed by atoms with E-state index >= 15 is 0 Å². The van der Waals surface area contributed by atoms with Crippen molar-refractivity contribution in [1.29, 1.82) is 0 Å². The van der Waals surface area contributed by atoms with Crippen LogP contribution >= 0.6 is 0 Å². The number of benzene rings is 2. The van der Waals surface area contributed by atoms with Crippen molar-refractivity contribution in [1.82, 2.24) is 14.5 Å². The molecule has 8 heteroatoms. The third-order valence-electron chi connectivity index (χ3n) is 6.00. The number of carbonyl (C=O) groups is 1. The summed E-state index contributed by atoms with van der Waals surface area (Å²) in [7, 11) is 0. The molecule has 1 amide bonds. The maximum absolute atomic E-state index is 13.4. The van der Waals surface area contributed by atoms with Crippen LogP contribution in [0.1, 0.15) is 41.7 Å². The first-order valence-corrected chi connectivity index (χ1v) is 10.5. The number of amides is 1. The molecule has 2 aromatic carbocycles. The van der Waals surface area contributed by atoms with Gasteiger partial charge in [-0.25, -0.2) is 0 Å². The molecule has 2 aliphatic rings. The molecule has 1 atom stereocenters. The van der Waals surface area contributed by atoms with Gasteiger partial charge in [0.2, 0.25) is 0 Å². The number of rotatable bonds is 3. The predicted octanol–water partition coefficient (Wildman–Crippen LogP) is 2.46. The Morgan fingerprint density at radius 3 is 2.71 bits per heavy atom. The lowest BCUT2D eigenvalue weighted by Crippen LogP contribution is -2.36. The van der Waals surface area contributed by atoms with E-state index in [1.165, 1.54) is 4.57 Å². The minimum atomic E-state index is -0.686. The van der Waals surface area contributed by atoms with Gasteiger partial charge in [0.05, 0.1) is 17.1 Å². The third kappa shape index (κ3) is 3.28. The molecule has 160 valence electrons. The SMILES string of the molecule is CCn1c(=O)c(=O)[nH]c2cc(C(=O)N3CCCC3c3ccc4c(c3)OCCO4)ccc21. The number of aromatic amines is 1. The highest BCUT2D eigenvalue weighted by Gasteiger charge is 2.31. The molecule has 0 aliphatic carbocycles. The monoisotopic (exact) mass is 421 g/mol. The van der Waals surface area contributed by atoms with Gasteiger partial charge >= 0.3 is 11.1 Å². The van der Waals surface area contributed by atoms with Crippen LogP contribution in [0, 0.1) is 0 Å². The van der Waals surface area contributed by atoms with E-state index in [0.29, 0.717) is 48.6 Å². The largest absolute Gasteiger partial charge is 0.486 e. The molecule has 0 saturated carbocycles. The first-order chi connectivity index (χ1) is 15.1. The number of hydrogen-bond acceptors (Lipinski definition) is 5. The van der Waals surface area contributed by atoms with Crippen molar-refractivity contribution in [3.05, 3.63) is 68.2 Å². The smallest absolute Gasteiger partial charge is 0.316 e. The third-order valence-corrected chi connectivity index (χ3v) is 6.00. The number of carbonyl (C=O) groups excluding carboxylic acids is 1. The van der Waals surface area contributed by atoms with Crippen LogP contribution in [0.5, 0.6) is 11.5 Å². The molecule has 31 heavy (non-hydrogen) atoms. The van der Waals surface area contributed by atoms with Crippen LogP contribution in [0.3, 0.4) is 0 Å². The van der Waals surface area contributed by atoms with E-state index in [-0.39, 0.29) is 11.9 Å². The highest BCUT2D eigenvalue weighted by molar-refractivity contribution is 5.97. The van der Waals surface area contributed by atoms with Crippen molar-refractivity contribution in [3.63, 3.8) is 0 Å². The summed E-state index contributed by atoms with van der Waals surface area (Å²) in [6.07, 6.45) is 1.77. The minimum absolute atomic E-state index is 0.0531. The van der Waals surface area contributed by atoms with Gasteiger partial charge in [-0.05, 0) is 55.7 Å². The lowest BCUT2D eigenvalue weighted by atomic mass is 10.0. The van der Waals surface area contributed by atoms with Gasteiger partial charge in [0.15, 0.2) is 11.5 Å². The molecule has 1 saturated heterocycles. The van der Waals surface area contributed by atoms with Gasteiger partial charge in [0.25, 0.3) is 5.91 Å². The fraction of sp³-hybridized carbons (Fsp3) is 0.348. The Hall–Kier alpha value is -3.55. The summed E-state index contributed by atoms with van der Waals surface area (Å²) >= 11 is 0. The van der Waals surface area contributed by atoms with E-state index in [0.717, 1.165) is 24.2 Å². The second-order valence-electron chi connectivity index (χ2n) is 7.80. The van der Waals surface area contributed by atoms with Crippen LogP contribution in [-0.2, 0) is 6.54 Å². The summed E-state index contributed by atoms with van der Waals surface area (Å²) in [4.78, 5) is 41.9. The molecular weight excluding hydrogens is 398 g/mol. The summed E-state index contributed by atoms with van der Waals surface area (Å²) < 4.78 is 12.7. The van der Waals surface area contributed by atoms with Gasteiger partial charge in [-0.15, -0.1) is 0 Å². The van der Waals surface area contributed by atoms with E-state index in [1.807, 2.05) is 30.0 Å². The second kappa shape index (κ2) is 7.61. The maximum atomic E-state index is 13.4. The standard InChI is InChI=1S/C23H23N3O5/c1-2-25-18-7-5-15(12-16(18)24-21(27)23(25)29)22(28)26-9-3-4-17(26)14-6-8-19-20(13-14)31-11-10-30-19/h5-8,12-13,17H,2-4,9-11H2,1H3,(H,24,27). The van der Waals surface area contributed by atoms with Gasteiger partial charge in [-0.3, -0.25) is 14.4 Å². The van der Waals surface area contributed by atoms with E-state index in [1.54, 1.807) is 18.2 Å². The van der Waals surface area contributed by atoms with Crippen molar-refractivity contribution in [2.45, 2.75) is 32.4 Å². The molecule has 0 radical (unpaired) electrons. The zero-order valence-electron chi connectivity index (χ0n) is 17.2. The van der Waals surface area contributed by atoms with Crippen LogP contribution in [0.25, 0.3) is 11.0 Å². The highest BCUT2D eigenvalue weighted by Crippen LogP contribution is 2.38. The maximum Gasteiger partial charge on any atom is 0.316 e. The van der Waals surface area contributed by atoms with E-state index in [2.05, 4.69) is 4.98 Å². The predicted molar refractivity (Wildman–Crippen MR) is 115 cm³/mol. The Morgan fingerprint density at radius 2 is 1.90 bits per heavy atom. The summed E-state index contributed by atoms with van der Waals surface area (Å²) in [6, 6.07) is 10.9. The van der Waals surface area contributed by atoms with E-state index < -0.39 is 11.1 Å². The number of ether oxygens (including phenoxy) is 2. The molecule has 1 aromatic heterocycles. The minimum Gasteiger partial charge on any atom is -0.486 e. The molecule has 8 nitrogen and oxygen atoms in total. The lowest BCUT2D eigenvalue weighted by Gasteiger charge is -2.27. The fourth-order valence-electron chi connectivity index (χ4n) is 4.52. The Bertz CT molecular complexity index is 1290. The van der Waals surface area contributed by atoms with Crippen molar-refractivity contribution >= 4 is 16.9 Å². The fourth-order valence-corrected chi connectivity index (χ4v) is 4.52. The van der Waals surface area contributed by atoms with Gasteiger partial charge in [0.1, 0.15) is 13.2 Å². The zero-order valence-corrected chi connectivity index (χ0v) is 17.2. The molecule has 3 aromatic rings. The average molecular weight is 421 g/mol. The van der Waals surface area contributed by atoms with Gasteiger partial charge in [-0.1, -0.05) is 6.07 Å². The van der Waals surface area contributed by atoms with Crippen LogP contribution in [-0.4, -0.2) is 40.1 Å². The molecule has 0 bridgehead atoms. The molecule has 1 unspecified atom stereocenters. The van der Waals surface area contributed by atoms with Crippen LogP contribution in [0.2, 0.25) is 0 Å². The van der Waals surface area contributed by atoms with Gasteiger partial charge in [0, 0.05) is 18.7 Å². The molecular formula is C23H23N3O5. The van der Waals surface area contributed by atoms with Gasteiger partial charge < -0.3 is 23.9 Å². The number of nitrogens with one attached hydrogen (secondary N) is 1. The Labute approximate surface area is 178 Å². The Morgan fingerprint density at radius 1 is 1.10 bits per heavy atom. The molecule has 5 rings (SSSR count). The lowest BCUT2D eigenvalue weighted by molar-refractivity contribution is 0.0735. The topological polar surface area (TPSA) is 93.6 Å². The molecule has 0 spiro atoms. The summed E-state index contributed by atoms with van der Waals surface area (Å²) in [5, 5.41) is 0. The van der Waals surface area contributed by atoms with E-state index in [9.17, 15) is 14.4 Å². The quantitative estimate of drug-likeness (QED) is 0.656. The first-order valence-electron chi connectivity index (χ1n) is 10.5. The van der Waals surface area contributed by atoms with Crippen LogP contribution in [0.4, 0.5) is 0 Å². The van der Waals surface area contributed by atoms with Crippen LogP contribution < -0.4 is 20.6 Å². The Balaban J connectivity index is 1.49. The van der Waals surface area contributed by atoms with Gasteiger partial charge in [-0.2, -0.15) is 0 Å². The second-order valence-corrected chi connectivity index (χ2v) is 7.80. The van der Waals surface area contributed by atoms with Crippen molar-refractivity contribution in [3.8, 4) is 11.5 Å². The molecule has 1 N–H and O–H groups in total. The number of aryl methyl sites for hydroxylation is 1. The van der Waals surface area contributed by atoms with Crippen molar-refractivity contribution < 1.29 is 14.3 Å². The summed E-state index contributed by atoms with van der Waals surface area (Å²) in [5.74, 6) is 1.34. The molecule has 2 aliphatic heterocycles. The number of H-pyrrole nitrogens is 1. The number of fused-ring (bicyclic) bond motifs is 2. The Kier molecular flexibility index (Phi) is 4.77. The zero-order chi connectivity index (χ0) is 21.5. The highest BCUT2D eigenvalue weighted by atomic mass is 16.6. The summed E-state index contributed by atoms with van der Waals surface area (Å²) in [6.45, 7) is 3.89. The number of hydrogen-bond donors (Lipinski definition) is 1. The normalized spacial score (nSPS) is 17.8. The summed E-state index contributed by atoms with van der Waals surface area (Å²) in [5.41, 5.74) is 1.31. The number of likely N-dealkylation sites (tertiary alicyclic amines) is 1. The van der Waals surface area contributed by atoms with Crippen molar-refractivity contribution in [2.24, 2.45) is 0 Å². The van der Waals surface area contributed by atoms with Crippen molar-refractivity contribution in [2.75, 3.05) is 19.8 Å². The first kappa shape index (κ1) is 19.4. The number of nitrogens with zero attached hydrogens (tertiary/aromatic N) is 2. The number of aromatic nitrogens is 2.